The number of carbonyl (C=O) groups excluding carboxylic acids is 1. The molecule has 4 heterocycles. The maximum atomic E-state index is 14.8. The average Bonchev–Trinajstić information content (AvgIpc) is 3.00. The number of alkyl halides is 4. The number of methoxy groups -OCH3 is 1. The largest absolute Gasteiger partial charge is 0.480 e. The summed E-state index contributed by atoms with van der Waals surface area (Å²) in [4.78, 5) is 25.0. The molecule has 0 saturated heterocycles. The summed E-state index contributed by atoms with van der Waals surface area (Å²) < 4.78 is 106. The number of halogens is 5. The van der Waals surface area contributed by atoms with Crippen LogP contribution in [0.1, 0.15) is 42.1 Å². The third-order valence-electron chi connectivity index (χ3n) is 7.10. The van der Waals surface area contributed by atoms with Crippen molar-refractivity contribution in [2.24, 2.45) is 0 Å². The van der Waals surface area contributed by atoms with E-state index >= 15 is 0 Å². The Hall–Kier alpha value is -4.24. The molecule has 5 rings (SSSR count). The maximum absolute atomic E-state index is 14.8. The molecule has 2 atom stereocenters. The minimum Gasteiger partial charge on any atom is -0.480 e. The van der Waals surface area contributed by atoms with Crippen LogP contribution >= 0.6 is 0 Å². The van der Waals surface area contributed by atoms with E-state index in [1.807, 2.05) is 0 Å². The maximum Gasteiger partial charge on any atom is 0.277 e. The molecular weight excluding hydrogens is 611 g/mol. The zero-order valence-electron chi connectivity index (χ0n) is 23.3. The quantitative estimate of drug-likeness (QED) is 0.265. The van der Waals surface area contributed by atoms with Gasteiger partial charge in [0, 0.05) is 30.6 Å². The molecule has 1 aliphatic rings. The van der Waals surface area contributed by atoms with Crippen LogP contribution in [0, 0.1) is 5.82 Å². The molecule has 9 nitrogen and oxygen atoms in total. The fourth-order valence-corrected chi connectivity index (χ4v) is 6.01. The molecule has 4 aromatic rings. The lowest BCUT2D eigenvalue weighted by Gasteiger charge is -2.20. The molecule has 234 valence electrons. The zero-order valence-corrected chi connectivity index (χ0v) is 24.1. The van der Waals surface area contributed by atoms with E-state index in [-0.39, 0.29) is 38.2 Å². The van der Waals surface area contributed by atoms with Gasteiger partial charge in [-0.2, -0.15) is 0 Å². The number of aromatic nitrogens is 3. The van der Waals surface area contributed by atoms with E-state index in [9.17, 15) is 35.2 Å². The summed E-state index contributed by atoms with van der Waals surface area (Å²) in [5.41, 5.74) is -5.10. The van der Waals surface area contributed by atoms with Gasteiger partial charge in [0.2, 0.25) is 26.9 Å². The summed E-state index contributed by atoms with van der Waals surface area (Å²) in [6, 6.07) is 9.12. The molecular formula is C29H27F5N4O5S. The summed E-state index contributed by atoms with van der Waals surface area (Å²) in [5.74, 6) is -1.96. The first kappa shape index (κ1) is 31.2. The van der Waals surface area contributed by atoms with E-state index in [2.05, 4.69) is 20.3 Å². The van der Waals surface area contributed by atoms with Gasteiger partial charge >= 0.3 is 0 Å². The Morgan fingerprint density at radius 2 is 1.98 bits per heavy atom. The van der Waals surface area contributed by atoms with Crippen molar-refractivity contribution in [3.8, 4) is 17.1 Å². The van der Waals surface area contributed by atoms with Crippen molar-refractivity contribution < 1.29 is 46.1 Å². The number of hydrogen-bond donors (Lipinski definition) is 1. The third-order valence-corrected chi connectivity index (χ3v) is 8.98. The van der Waals surface area contributed by atoms with Crippen molar-refractivity contribution in [1.29, 1.82) is 0 Å². The lowest BCUT2D eigenvalue weighted by molar-refractivity contribution is -0.0288. The molecule has 0 bridgehead atoms. The second-order valence-corrected chi connectivity index (χ2v) is 12.1. The number of sulfone groups is 1. The number of rotatable bonds is 7. The summed E-state index contributed by atoms with van der Waals surface area (Å²) in [5, 5.41) is 3.14. The van der Waals surface area contributed by atoms with Crippen LogP contribution in [0.25, 0.3) is 22.2 Å². The van der Waals surface area contributed by atoms with E-state index in [1.54, 1.807) is 18.2 Å². The molecule has 0 aliphatic carbocycles. The summed E-state index contributed by atoms with van der Waals surface area (Å²) in [7, 11) is -3.29. The van der Waals surface area contributed by atoms with Crippen LogP contribution in [0.15, 0.2) is 53.6 Å². The first-order chi connectivity index (χ1) is 20.8. The van der Waals surface area contributed by atoms with Gasteiger partial charge in [-0.1, -0.05) is 0 Å². The molecule has 0 saturated carbocycles. The monoisotopic (exact) mass is 638 g/mol. The Kier molecular flexibility index (Phi) is 8.53. The van der Waals surface area contributed by atoms with Crippen molar-refractivity contribution in [3.63, 3.8) is 0 Å². The SMILES string of the molecule is COc1nc([C@](C)(F)C(F)F)ccc1-c1ccc2cnc(CNC(=O)c3cc(F)c4c(c3)S(=O)(=O)[C@@H](F)CCOC4)cc2n1.[HH]. The molecule has 0 radical (unpaired) electrons. The number of ether oxygens (including phenoxy) is 2. The molecule has 0 unspecified atom stereocenters. The number of fused-ring (bicyclic) bond motifs is 2. The first-order valence-electron chi connectivity index (χ1n) is 13.2. The Morgan fingerprint density at radius 1 is 1.20 bits per heavy atom. The van der Waals surface area contributed by atoms with Gasteiger partial charge < -0.3 is 14.8 Å². The minimum atomic E-state index is -4.55. The second-order valence-electron chi connectivity index (χ2n) is 10.1. The second kappa shape index (κ2) is 12.0. The van der Waals surface area contributed by atoms with Gasteiger partial charge in [0.1, 0.15) is 5.82 Å². The zero-order chi connectivity index (χ0) is 31.8. The Morgan fingerprint density at radius 3 is 2.70 bits per heavy atom. The highest BCUT2D eigenvalue weighted by Crippen LogP contribution is 2.36. The number of nitrogens with one attached hydrogen (secondary N) is 1. The summed E-state index contributed by atoms with van der Waals surface area (Å²) in [6.45, 7) is -0.0278. The lowest BCUT2D eigenvalue weighted by atomic mass is 10.0. The van der Waals surface area contributed by atoms with Crippen molar-refractivity contribution in [2.45, 2.75) is 49.0 Å². The van der Waals surface area contributed by atoms with E-state index in [4.69, 9.17) is 9.47 Å². The molecule has 0 fully saturated rings. The molecule has 44 heavy (non-hydrogen) atoms. The van der Waals surface area contributed by atoms with Crippen molar-refractivity contribution >= 4 is 26.6 Å². The number of amides is 1. The van der Waals surface area contributed by atoms with E-state index in [1.165, 1.54) is 19.4 Å². The number of carbonyl (C=O) groups is 1. The van der Waals surface area contributed by atoms with E-state index in [0.717, 1.165) is 25.1 Å². The van der Waals surface area contributed by atoms with Crippen LogP contribution < -0.4 is 10.1 Å². The lowest BCUT2D eigenvalue weighted by Crippen LogP contribution is -2.26. The van der Waals surface area contributed by atoms with Crippen LogP contribution in [0.2, 0.25) is 0 Å². The fourth-order valence-electron chi connectivity index (χ4n) is 4.53. The van der Waals surface area contributed by atoms with Crippen molar-refractivity contribution in [1.82, 2.24) is 20.3 Å². The van der Waals surface area contributed by atoms with E-state index < -0.39 is 56.2 Å². The summed E-state index contributed by atoms with van der Waals surface area (Å²) >= 11 is 0. The van der Waals surface area contributed by atoms with Crippen LogP contribution in [-0.4, -0.2) is 54.9 Å². The minimum absolute atomic E-state index is 0. The third kappa shape index (κ3) is 5.93. The molecule has 15 heteroatoms. The fraction of sp³-hybridized carbons (Fsp3) is 0.310. The molecule has 3 aromatic heterocycles. The van der Waals surface area contributed by atoms with Gasteiger partial charge in [0.15, 0.2) is 0 Å². The standard InChI is InChI=1S/C29H25F5N4O5S.H2/c1-29(34,28(32)33)24-6-4-18(27(38-24)42-2)21-5-3-15-12-35-17(11-22(15)37-21)13-36-26(39)16-9-20(30)19-14-43-8-7-25(31)44(40,41)23(19)10-16;/h3-6,9-12,25,28H,7-8,13-14H2,1-2H3,(H,36,39);1H/t25-,29+;/m1./s1. The van der Waals surface area contributed by atoms with Gasteiger partial charge in [0.05, 0.1) is 59.9 Å². The average molecular weight is 639 g/mol. The molecule has 0 spiro atoms. The van der Waals surface area contributed by atoms with Gasteiger partial charge in [-0.3, -0.25) is 9.78 Å². The topological polar surface area (TPSA) is 120 Å². The molecule has 1 aliphatic heterocycles. The Bertz CT molecular complexity index is 1860. The highest BCUT2D eigenvalue weighted by molar-refractivity contribution is 7.92. The predicted molar refractivity (Wildman–Crippen MR) is 150 cm³/mol. The van der Waals surface area contributed by atoms with Crippen LogP contribution in [-0.2, 0) is 33.4 Å². The normalized spacial score (nSPS) is 17.8. The van der Waals surface area contributed by atoms with Gasteiger partial charge in [-0.05, 0) is 49.4 Å². The smallest absolute Gasteiger partial charge is 0.277 e. The van der Waals surface area contributed by atoms with Crippen LogP contribution in [0.3, 0.4) is 0 Å². The highest BCUT2D eigenvalue weighted by Gasteiger charge is 2.39. The highest BCUT2D eigenvalue weighted by atomic mass is 32.2. The summed E-state index contributed by atoms with van der Waals surface area (Å²) in [6.07, 6.45) is -2.24. The Labute approximate surface area is 249 Å². The van der Waals surface area contributed by atoms with Crippen molar-refractivity contribution in [3.05, 3.63) is 77.0 Å². The first-order valence-corrected chi connectivity index (χ1v) is 14.7. The molecule has 1 aromatic carbocycles. The number of hydrogen-bond acceptors (Lipinski definition) is 8. The number of nitrogens with zero attached hydrogens (tertiary/aromatic N) is 3. The van der Waals surface area contributed by atoms with Crippen LogP contribution in [0.4, 0.5) is 22.0 Å². The van der Waals surface area contributed by atoms with Crippen molar-refractivity contribution in [2.75, 3.05) is 13.7 Å². The molecule has 1 amide bonds. The van der Waals surface area contributed by atoms with E-state index in [0.29, 0.717) is 27.9 Å². The van der Waals surface area contributed by atoms with Crippen LogP contribution in [0.5, 0.6) is 5.88 Å². The van der Waals surface area contributed by atoms with Gasteiger partial charge in [-0.15, -0.1) is 0 Å². The molecule has 1 N–H and O–H groups in total. The number of benzene rings is 1. The Balaban J connectivity index is 0.00000461. The van der Waals surface area contributed by atoms with Gasteiger partial charge in [0.25, 0.3) is 12.3 Å². The number of pyridine rings is 3. The van der Waals surface area contributed by atoms with Gasteiger partial charge in [-0.25, -0.2) is 40.3 Å². The predicted octanol–water partition coefficient (Wildman–Crippen LogP) is 5.45.